The van der Waals surface area contributed by atoms with Gasteiger partial charge in [0.25, 0.3) is 5.91 Å². The summed E-state index contributed by atoms with van der Waals surface area (Å²) in [6.07, 6.45) is 3.70. The Labute approximate surface area is 207 Å². The molecule has 0 unspecified atom stereocenters. The lowest BCUT2D eigenvalue weighted by Gasteiger charge is -2.07. The minimum Gasteiger partial charge on any atom is -0.481 e. The number of aromatic nitrogens is 2. The lowest BCUT2D eigenvalue weighted by Crippen LogP contribution is -2.15. The maximum absolute atomic E-state index is 12.1. The number of hydrogen-bond acceptors (Lipinski definition) is 4. The maximum atomic E-state index is 12.1. The summed E-state index contributed by atoms with van der Waals surface area (Å²) in [5, 5.41) is 30.8. The van der Waals surface area contributed by atoms with E-state index in [-0.39, 0.29) is 43.7 Å². The number of aliphatic carboxylic acids is 2. The molecule has 0 radical (unpaired) electrons. The zero-order valence-corrected chi connectivity index (χ0v) is 20.4. The quantitative estimate of drug-likeness (QED) is 0.277. The van der Waals surface area contributed by atoms with Crippen LogP contribution in [0, 0.1) is 13.8 Å². The van der Waals surface area contributed by atoms with Gasteiger partial charge in [0.2, 0.25) is 0 Å². The van der Waals surface area contributed by atoms with Crippen molar-refractivity contribution < 1.29 is 34.5 Å². The Bertz CT molecular complexity index is 1340. The number of amides is 1. The second-order valence-corrected chi connectivity index (χ2v) is 8.73. The number of H-pyrrole nitrogens is 2. The number of carboxylic acids is 3. The highest BCUT2D eigenvalue weighted by molar-refractivity contribution is 6.01. The van der Waals surface area contributed by atoms with E-state index in [0.29, 0.717) is 45.1 Å². The molecule has 2 aromatic rings. The molecule has 3 heterocycles. The Morgan fingerprint density at radius 3 is 1.97 bits per heavy atom. The number of nitrogens with one attached hydrogen (secondary N) is 3. The number of allylic oxidation sites excluding steroid dienone is 1. The number of rotatable bonds is 11. The van der Waals surface area contributed by atoms with Gasteiger partial charge in [-0.25, -0.2) is 4.79 Å². The summed E-state index contributed by atoms with van der Waals surface area (Å²) in [6.45, 7) is 8.95. The molecule has 0 atom stereocenters. The summed E-state index contributed by atoms with van der Waals surface area (Å²) < 4.78 is 0. The fourth-order valence-electron chi connectivity index (χ4n) is 4.52. The van der Waals surface area contributed by atoms with Crippen molar-refractivity contribution in [1.29, 1.82) is 0 Å². The van der Waals surface area contributed by atoms with Gasteiger partial charge in [-0.2, -0.15) is 0 Å². The molecule has 1 aliphatic heterocycles. The van der Waals surface area contributed by atoms with Gasteiger partial charge >= 0.3 is 17.9 Å². The standard InChI is InChI=1S/C26H29N3O7/c1-5-15-14(4)25(34)29-19(15)10-18-12(2)16(6-8-22(30)31)20(27-18)11-21-17(7-9-23(32)33)13(3)24(28-21)26(35)36/h5,10,27-28H,1,6-9,11H2,2-4H3,(H,29,34)(H,30,31)(H,32,33)(H,35,36)/b19-10-. The van der Waals surface area contributed by atoms with Gasteiger partial charge in [-0.05, 0) is 61.9 Å². The normalized spacial score (nSPS) is 14.4. The van der Waals surface area contributed by atoms with Crippen molar-refractivity contribution in [2.75, 3.05) is 0 Å². The predicted molar refractivity (Wildman–Crippen MR) is 132 cm³/mol. The molecule has 0 saturated heterocycles. The topological polar surface area (TPSA) is 173 Å². The average molecular weight is 496 g/mol. The summed E-state index contributed by atoms with van der Waals surface area (Å²) in [6, 6.07) is 0. The van der Waals surface area contributed by atoms with E-state index < -0.39 is 17.9 Å². The monoisotopic (exact) mass is 495 g/mol. The van der Waals surface area contributed by atoms with Crippen LogP contribution in [-0.2, 0) is 33.6 Å². The summed E-state index contributed by atoms with van der Waals surface area (Å²) >= 11 is 0. The van der Waals surface area contributed by atoms with Crippen molar-refractivity contribution in [1.82, 2.24) is 15.3 Å². The zero-order valence-electron chi connectivity index (χ0n) is 20.4. The molecule has 6 N–H and O–H groups in total. The smallest absolute Gasteiger partial charge is 0.352 e. The number of hydrogen-bond donors (Lipinski definition) is 6. The van der Waals surface area contributed by atoms with Crippen molar-refractivity contribution in [3.05, 3.63) is 74.5 Å². The third-order valence-corrected chi connectivity index (χ3v) is 6.50. The molecule has 0 saturated carbocycles. The van der Waals surface area contributed by atoms with Gasteiger partial charge < -0.3 is 30.6 Å². The van der Waals surface area contributed by atoms with Gasteiger partial charge in [-0.15, -0.1) is 0 Å². The zero-order chi connectivity index (χ0) is 26.7. The molecule has 1 aliphatic rings. The van der Waals surface area contributed by atoms with Gasteiger partial charge in [0.1, 0.15) is 5.69 Å². The van der Waals surface area contributed by atoms with Gasteiger partial charge in [0.05, 0.1) is 5.70 Å². The number of carbonyl (C=O) groups excluding carboxylic acids is 1. The van der Waals surface area contributed by atoms with E-state index >= 15 is 0 Å². The summed E-state index contributed by atoms with van der Waals surface area (Å²) in [4.78, 5) is 52.6. The number of aromatic carboxylic acids is 1. The van der Waals surface area contributed by atoms with Gasteiger partial charge in [0.15, 0.2) is 0 Å². The molecular formula is C26H29N3O7. The van der Waals surface area contributed by atoms with Crippen molar-refractivity contribution in [2.45, 2.75) is 52.9 Å². The molecule has 2 aromatic heterocycles. The summed E-state index contributed by atoms with van der Waals surface area (Å²) in [5.41, 5.74) is 6.33. The van der Waals surface area contributed by atoms with Crippen LogP contribution in [-0.4, -0.2) is 49.1 Å². The Hall–Kier alpha value is -4.34. The van der Waals surface area contributed by atoms with Crippen LogP contribution in [0.2, 0.25) is 0 Å². The van der Waals surface area contributed by atoms with E-state index in [4.69, 9.17) is 5.11 Å². The molecule has 0 aliphatic carbocycles. The van der Waals surface area contributed by atoms with E-state index in [1.807, 2.05) is 6.92 Å². The second-order valence-electron chi connectivity index (χ2n) is 8.73. The van der Waals surface area contributed by atoms with E-state index in [9.17, 15) is 29.4 Å². The van der Waals surface area contributed by atoms with Gasteiger partial charge in [0, 0.05) is 47.5 Å². The predicted octanol–water partition coefficient (Wildman–Crippen LogP) is 3.26. The molecule has 3 rings (SSSR count). The van der Waals surface area contributed by atoms with Crippen LogP contribution in [0.5, 0.6) is 0 Å². The van der Waals surface area contributed by atoms with Crippen LogP contribution in [0.15, 0.2) is 29.5 Å². The Kier molecular flexibility index (Phi) is 7.67. The Balaban J connectivity index is 2.09. The minimum atomic E-state index is -1.15. The largest absolute Gasteiger partial charge is 0.481 e. The summed E-state index contributed by atoms with van der Waals surface area (Å²) in [5.74, 6) is -3.32. The first kappa shape index (κ1) is 26.3. The molecule has 0 aromatic carbocycles. The maximum Gasteiger partial charge on any atom is 0.352 e. The third kappa shape index (κ3) is 5.32. The minimum absolute atomic E-state index is 0.00648. The number of carbonyl (C=O) groups is 4. The molecular weight excluding hydrogens is 466 g/mol. The van der Waals surface area contributed by atoms with Crippen molar-refractivity contribution >= 4 is 29.9 Å². The van der Waals surface area contributed by atoms with Crippen LogP contribution in [0.25, 0.3) is 6.08 Å². The van der Waals surface area contributed by atoms with E-state index in [1.54, 1.807) is 26.0 Å². The highest BCUT2D eigenvalue weighted by atomic mass is 16.4. The average Bonchev–Trinajstić information content (AvgIpc) is 3.36. The molecule has 10 heteroatoms. The summed E-state index contributed by atoms with van der Waals surface area (Å²) in [7, 11) is 0. The van der Waals surface area contributed by atoms with Crippen LogP contribution in [0.1, 0.15) is 69.6 Å². The second kappa shape index (κ2) is 10.5. The first-order valence-corrected chi connectivity index (χ1v) is 11.4. The van der Waals surface area contributed by atoms with Gasteiger partial charge in [-0.1, -0.05) is 12.7 Å². The van der Waals surface area contributed by atoms with Crippen LogP contribution < -0.4 is 5.32 Å². The molecule has 0 fully saturated rings. The van der Waals surface area contributed by atoms with E-state index in [1.165, 1.54) is 0 Å². The molecule has 10 nitrogen and oxygen atoms in total. The van der Waals surface area contributed by atoms with Crippen molar-refractivity contribution in [3.8, 4) is 0 Å². The third-order valence-electron chi connectivity index (χ3n) is 6.50. The van der Waals surface area contributed by atoms with E-state index in [0.717, 1.165) is 11.1 Å². The molecule has 190 valence electrons. The lowest BCUT2D eigenvalue weighted by atomic mass is 9.98. The number of carboxylic acid groups (broad SMARTS) is 3. The van der Waals surface area contributed by atoms with Crippen LogP contribution in [0.3, 0.4) is 0 Å². The van der Waals surface area contributed by atoms with Gasteiger partial charge in [-0.3, -0.25) is 14.4 Å². The highest BCUT2D eigenvalue weighted by Gasteiger charge is 2.24. The Morgan fingerprint density at radius 1 is 0.889 bits per heavy atom. The van der Waals surface area contributed by atoms with Crippen molar-refractivity contribution in [3.63, 3.8) is 0 Å². The molecule has 0 spiro atoms. The van der Waals surface area contributed by atoms with Crippen LogP contribution >= 0.6 is 0 Å². The molecule has 1 amide bonds. The SMILES string of the molecule is C=CC1=C(C)C(=O)N/C1=C\c1[nH]c(Cc2[nH]c(C(=O)O)c(C)c2CCC(=O)O)c(CCC(=O)O)c1C. The first-order chi connectivity index (χ1) is 16.9. The lowest BCUT2D eigenvalue weighted by molar-refractivity contribution is -0.138. The highest BCUT2D eigenvalue weighted by Crippen LogP contribution is 2.30. The number of aromatic amines is 2. The molecule has 0 bridgehead atoms. The van der Waals surface area contributed by atoms with Crippen molar-refractivity contribution in [2.24, 2.45) is 0 Å². The van der Waals surface area contributed by atoms with Crippen LogP contribution in [0.4, 0.5) is 0 Å². The Morgan fingerprint density at radius 2 is 1.44 bits per heavy atom. The van der Waals surface area contributed by atoms with E-state index in [2.05, 4.69) is 21.9 Å². The molecule has 36 heavy (non-hydrogen) atoms. The fraction of sp³-hybridized carbons (Fsp3) is 0.308. The fourth-order valence-corrected chi connectivity index (χ4v) is 4.52. The first-order valence-electron chi connectivity index (χ1n) is 11.4.